The molecule has 0 amide bonds. The van der Waals surface area contributed by atoms with Crippen molar-refractivity contribution in [1.29, 1.82) is 0 Å². The van der Waals surface area contributed by atoms with Crippen molar-refractivity contribution in [3.05, 3.63) is 52.3 Å². The number of hydrogen-bond acceptors (Lipinski definition) is 5. The zero-order valence-electron chi connectivity index (χ0n) is 12.9. The van der Waals surface area contributed by atoms with Gasteiger partial charge < -0.3 is 4.74 Å². The van der Waals surface area contributed by atoms with Crippen LogP contribution in [-0.4, -0.2) is 32.8 Å². The van der Waals surface area contributed by atoms with Crippen molar-refractivity contribution in [2.75, 3.05) is 6.61 Å². The van der Waals surface area contributed by atoms with Gasteiger partial charge in [-0.3, -0.25) is 0 Å². The lowest BCUT2D eigenvalue weighted by Gasteiger charge is -2.22. The summed E-state index contributed by atoms with van der Waals surface area (Å²) in [6.45, 7) is 4.38. The first-order valence-electron chi connectivity index (χ1n) is 7.45. The SMILES string of the molecule is CC(C)COC(=O)C1=CC(c2ccccc2Cl)n2nnnc2C1. The zero-order valence-corrected chi connectivity index (χ0v) is 13.7. The van der Waals surface area contributed by atoms with Crippen molar-refractivity contribution >= 4 is 17.6 Å². The Hall–Kier alpha value is -2.21. The molecule has 6 nitrogen and oxygen atoms in total. The summed E-state index contributed by atoms with van der Waals surface area (Å²) >= 11 is 6.29. The van der Waals surface area contributed by atoms with Crippen LogP contribution in [0.3, 0.4) is 0 Å². The Kier molecular flexibility index (Phi) is 4.43. The number of fused-ring (bicyclic) bond motifs is 1. The van der Waals surface area contributed by atoms with Gasteiger partial charge in [-0.15, -0.1) is 5.10 Å². The minimum Gasteiger partial charge on any atom is -0.462 e. The standard InChI is InChI=1S/C16H17ClN4O2/c1-10(2)9-23-16(22)11-7-14(12-5-3-4-6-13(12)17)21-15(8-11)18-19-20-21/h3-7,10,14H,8-9H2,1-2H3. The molecule has 0 fully saturated rings. The fraction of sp³-hybridized carbons (Fsp3) is 0.375. The molecule has 2 aromatic rings. The molecule has 0 bridgehead atoms. The van der Waals surface area contributed by atoms with Crippen LogP contribution in [0.2, 0.25) is 5.02 Å². The molecule has 120 valence electrons. The molecule has 7 heteroatoms. The van der Waals surface area contributed by atoms with Gasteiger partial charge in [-0.05, 0) is 34.1 Å². The fourth-order valence-electron chi connectivity index (χ4n) is 2.45. The van der Waals surface area contributed by atoms with Crippen LogP contribution in [0.25, 0.3) is 0 Å². The molecular weight excluding hydrogens is 316 g/mol. The quantitative estimate of drug-likeness (QED) is 0.805. The first-order valence-corrected chi connectivity index (χ1v) is 7.83. The third-order valence-electron chi connectivity index (χ3n) is 3.57. The minimum atomic E-state index is -0.329. The van der Waals surface area contributed by atoms with Gasteiger partial charge in [0, 0.05) is 17.0 Å². The van der Waals surface area contributed by atoms with E-state index >= 15 is 0 Å². The number of tetrazole rings is 1. The highest BCUT2D eigenvalue weighted by Gasteiger charge is 2.28. The monoisotopic (exact) mass is 332 g/mol. The molecule has 1 aliphatic rings. The minimum absolute atomic E-state index is 0.285. The first kappa shape index (κ1) is 15.7. The molecular formula is C16H17ClN4O2. The molecule has 3 rings (SSSR count). The van der Waals surface area contributed by atoms with Gasteiger partial charge in [-0.1, -0.05) is 43.6 Å². The average Bonchev–Trinajstić information content (AvgIpc) is 3.00. The summed E-state index contributed by atoms with van der Waals surface area (Å²) in [5, 5.41) is 12.3. The number of esters is 1. The zero-order chi connectivity index (χ0) is 16.4. The maximum atomic E-state index is 12.3. The van der Waals surface area contributed by atoms with Crippen molar-refractivity contribution in [2.45, 2.75) is 26.3 Å². The van der Waals surface area contributed by atoms with Crippen molar-refractivity contribution in [1.82, 2.24) is 20.2 Å². The average molecular weight is 333 g/mol. The molecule has 23 heavy (non-hydrogen) atoms. The van der Waals surface area contributed by atoms with E-state index in [-0.39, 0.29) is 17.9 Å². The first-order chi connectivity index (χ1) is 11.1. The van der Waals surface area contributed by atoms with E-state index in [1.54, 1.807) is 10.7 Å². The van der Waals surface area contributed by atoms with Crippen LogP contribution in [0.15, 0.2) is 35.9 Å². The van der Waals surface area contributed by atoms with Crippen LogP contribution in [0.4, 0.5) is 0 Å². The number of allylic oxidation sites excluding steroid dienone is 1. The van der Waals surface area contributed by atoms with Gasteiger partial charge >= 0.3 is 5.97 Å². The van der Waals surface area contributed by atoms with Crippen molar-refractivity contribution < 1.29 is 9.53 Å². The summed E-state index contributed by atoms with van der Waals surface area (Å²) in [6.07, 6.45) is 2.18. The predicted octanol–water partition coefficient (Wildman–Crippen LogP) is 2.60. The number of carbonyl (C=O) groups excluding carboxylic acids is 1. The summed E-state index contributed by atoms with van der Waals surface area (Å²) in [4.78, 5) is 12.3. The Morgan fingerprint density at radius 1 is 1.43 bits per heavy atom. The second-order valence-electron chi connectivity index (χ2n) is 5.87. The smallest absolute Gasteiger partial charge is 0.334 e. The number of halogens is 1. The normalized spacial score (nSPS) is 16.9. The predicted molar refractivity (Wildman–Crippen MR) is 85.0 cm³/mol. The molecule has 1 aromatic heterocycles. The van der Waals surface area contributed by atoms with E-state index in [2.05, 4.69) is 15.5 Å². The van der Waals surface area contributed by atoms with Gasteiger partial charge in [0.2, 0.25) is 0 Å². The lowest BCUT2D eigenvalue weighted by atomic mass is 9.98. The van der Waals surface area contributed by atoms with E-state index in [0.717, 1.165) is 5.56 Å². The molecule has 0 aliphatic carbocycles. The Morgan fingerprint density at radius 3 is 2.96 bits per heavy atom. The highest BCUT2D eigenvalue weighted by atomic mass is 35.5. The summed E-state index contributed by atoms with van der Waals surface area (Å²) in [5.74, 6) is 0.576. The van der Waals surface area contributed by atoms with Gasteiger partial charge in [0.05, 0.1) is 6.61 Å². The summed E-state index contributed by atoms with van der Waals surface area (Å²) in [7, 11) is 0. The number of hydrogen-bond donors (Lipinski definition) is 0. The van der Waals surface area contributed by atoms with E-state index in [0.29, 0.717) is 29.4 Å². The van der Waals surface area contributed by atoms with Gasteiger partial charge in [0.1, 0.15) is 6.04 Å². The highest BCUT2D eigenvalue weighted by Crippen LogP contribution is 2.31. The van der Waals surface area contributed by atoms with Crippen LogP contribution in [0, 0.1) is 5.92 Å². The number of ether oxygens (including phenoxy) is 1. The number of aromatic nitrogens is 4. The molecule has 1 unspecified atom stereocenters. The van der Waals surface area contributed by atoms with Crippen LogP contribution < -0.4 is 0 Å². The van der Waals surface area contributed by atoms with Gasteiger partial charge in [-0.2, -0.15) is 0 Å². The molecule has 0 spiro atoms. The van der Waals surface area contributed by atoms with Gasteiger partial charge in [-0.25, -0.2) is 9.48 Å². The number of benzene rings is 1. The number of rotatable bonds is 4. The fourth-order valence-corrected chi connectivity index (χ4v) is 2.69. The second-order valence-corrected chi connectivity index (χ2v) is 6.27. The van der Waals surface area contributed by atoms with Crippen molar-refractivity contribution in [3.8, 4) is 0 Å². The molecule has 1 aliphatic heterocycles. The van der Waals surface area contributed by atoms with E-state index in [1.807, 2.05) is 38.1 Å². The second kappa shape index (κ2) is 6.50. The molecule has 1 atom stereocenters. The third kappa shape index (κ3) is 3.27. The van der Waals surface area contributed by atoms with Crippen molar-refractivity contribution in [2.24, 2.45) is 5.92 Å². The number of nitrogens with zero attached hydrogens (tertiary/aromatic N) is 4. The third-order valence-corrected chi connectivity index (χ3v) is 3.91. The summed E-state index contributed by atoms with van der Waals surface area (Å²) < 4.78 is 7.01. The Labute approximate surface area is 139 Å². The Bertz CT molecular complexity index is 754. The van der Waals surface area contributed by atoms with E-state index < -0.39 is 0 Å². The number of carbonyl (C=O) groups is 1. The molecule has 1 aromatic carbocycles. The van der Waals surface area contributed by atoms with E-state index in [9.17, 15) is 4.79 Å². The van der Waals surface area contributed by atoms with E-state index in [4.69, 9.17) is 16.3 Å². The Morgan fingerprint density at radius 2 is 2.22 bits per heavy atom. The van der Waals surface area contributed by atoms with Gasteiger partial charge in [0.15, 0.2) is 5.82 Å². The lowest BCUT2D eigenvalue weighted by molar-refractivity contribution is -0.140. The Balaban J connectivity index is 1.94. The summed E-state index contributed by atoms with van der Waals surface area (Å²) in [6, 6.07) is 7.14. The van der Waals surface area contributed by atoms with Crippen LogP contribution in [-0.2, 0) is 16.0 Å². The van der Waals surface area contributed by atoms with Gasteiger partial charge in [0.25, 0.3) is 0 Å². The highest BCUT2D eigenvalue weighted by molar-refractivity contribution is 6.31. The topological polar surface area (TPSA) is 69.9 Å². The molecule has 2 heterocycles. The molecule has 0 radical (unpaired) electrons. The van der Waals surface area contributed by atoms with Crippen molar-refractivity contribution in [3.63, 3.8) is 0 Å². The summed E-state index contributed by atoms with van der Waals surface area (Å²) in [5.41, 5.74) is 1.40. The molecule has 0 N–H and O–H groups in total. The lowest BCUT2D eigenvalue weighted by Crippen LogP contribution is -2.24. The van der Waals surface area contributed by atoms with E-state index in [1.165, 1.54) is 0 Å². The van der Waals surface area contributed by atoms with Crippen LogP contribution in [0.5, 0.6) is 0 Å². The van der Waals surface area contributed by atoms with Crippen LogP contribution in [0.1, 0.15) is 31.3 Å². The molecule has 0 saturated heterocycles. The maximum absolute atomic E-state index is 12.3. The largest absolute Gasteiger partial charge is 0.462 e. The van der Waals surface area contributed by atoms with Crippen LogP contribution >= 0.6 is 11.6 Å². The molecule has 0 saturated carbocycles. The maximum Gasteiger partial charge on any atom is 0.334 e.